The fraction of sp³-hybridized carbons (Fsp3) is 0.471. The van der Waals surface area contributed by atoms with Gasteiger partial charge < -0.3 is 20.1 Å². The number of hydrogen-bond donors (Lipinski definition) is 2. The lowest BCUT2D eigenvalue weighted by atomic mass is 10.1. The van der Waals surface area contributed by atoms with Crippen molar-refractivity contribution in [2.24, 2.45) is 0 Å². The summed E-state index contributed by atoms with van der Waals surface area (Å²) in [6.07, 6.45) is -1.40. The van der Waals surface area contributed by atoms with Gasteiger partial charge >= 0.3 is 5.97 Å². The molecule has 1 saturated heterocycles. The van der Waals surface area contributed by atoms with Gasteiger partial charge in [0.1, 0.15) is 0 Å². The zero-order valence-corrected chi connectivity index (χ0v) is 14.0. The van der Waals surface area contributed by atoms with E-state index in [1.54, 1.807) is 19.1 Å². The van der Waals surface area contributed by atoms with E-state index in [0.29, 0.717) is 12.1 Å². The molecule has 1 aliphatic rings. The molecule has 2 amide bonds. The Hall–Kier alpha value is -2.41. The number of carbonyl (C=O) groups is 3. The standard InChI is InChI=1S/C17H22N2O5/c1-10-4-5-13(6-11(10)2)16(21)18-7-15(20)19-8-12(3)24-14(9-19)17(22)23/h4-6,12,14H,7-9H2,1-3H3,(H,18,21)(H,22,23)/t12-,14?/m1/s1. The van der Waals surface area contributed by atoms with Crippen LogP contribution in [0.3, 0.4) is 0 Å². The molecule has 0 bridgehead atoms. The number of ether oxygens (including phenoxy) is 1. The molecule has 24 heavy (non-hydrogen) atoms. The Bertz CT molecular complexity index is 658. The first-order valence-electron chi connectivity index (χ1n) is 7.79. The normalized spacial score (nSPS) is 20.5. The van der Waals surface area contributed by atoms with E-state index in [0.717, 1.165) is 11.1 Å². The number of nitrogens with zero attached hydrogens (tertiary/aromatic N) is 1. The van der Waals surface area contributed by atoms with E-state index >= 15 is 0 Å². The van der Waals surface area contributed by atoms with E-state index < -0.39 is 12.1 Å². The minimum absolute atomic E-state index is 0.0159. The molecule has 0 saturated carbocycles. The second-order valence-electron chi connectivity index (χ2n) is 6.05. The number of carboxylic acid groups (broad SMARTS) is 1. The topological polar surface area (TPSA) is 95.9 Å². The summed E-state index contributed by atoms with van der Waals surface area (Å²) >= 11 is 0. The summed E-state index contributed by atoms with van der Waals surface area (Å²) < 4.78 is 5.27. The predicted molar refractivity (Wildman–Crippen MR) is 86.8 cm³/mol. The number of aliphatic carboxylic acids is 1. The van der Waals surface area contributed by atoms with Gasteiger partial charge in [-0.25, -0.2) is 4.79 Å². The number of aryl methyl sites for hydroxylation is 2. The third-order valence-electron chi connectivity index (χ3n) is 4.06. The maximum absolute atomic E-state index is 12.2. The van der Waals surface area contributed by atoms with E-state index in [2.05, 4.69) is 5.32 Å². The lowest BCUT2D eigenvalue weighted by molar-refractivity contribution is -0.166. The first-order chi connectivity index (χ1) is 11.3. The van der Waals surface area contributed by atoms with Crippen LogP contribution in [0.5, 0.6) is 0 Å². The molecular formula is C17H22N2O5. The molecule has 2 rings (SSSR count). The Labute approximate surface area is 140 Å². The van der Waals surface area contributed by atoms with Crippen molar-refractivity contribution in [1.29, 1.82) is 0 Å². The molecule has 0 aromatic heterocycles. The maximum Gasteiger partial charge on any atom is 0.334 e. The predicted octanol–water partition coefficient (Wildman–Crippen LogP) is 0.734. The summed E-state index contributed by atoms with van der Waals surface area (Å²) in [5.41, 5.74) is 2.58. The van der Waals surface area contributed by atoms with Crippen molar-refractivity contribution >= 4 is 17.8 Å². The van der Waals surface area contributed by atoms with Crippen LogP contribution in [0.1, 0.15) is 28.4 Å². The van der Waals surface area contributed by atoms with E-state index in [1.807, 2.05) is 19.9 Å². The fourth-order valence-electron chi connectivity index (χ4n) is 2.54. The molecule has 1 aromatic carbocycles. The molecule has 1 aliphatic heterocycles. The summed E-state index contributed by atoms with van der Waals surface area (Å²) in [7, 11) is 0. The quantitative estimate of drug-likeness (QED) is 0.846. The summed E-state index contributed by atoms with van der Waals surface area (Å²) in [6, 6.07) is 5.33. The Morgan fingerprint density at radius 1 is 1.25 bits per heavy atom. The van der Waals surface area contributed by atoms with E-state index in [-0.39, 0.29) is 31.0 Å². The summed E-state index contributed by atoms with van der Waals surface area (Å²) in [6.45, 7) is 5.70. The first-order valence-corrected chi connectivity index (χ1v) is 7.79. The Balaban J connectivity index is 1.93. The average molecular weight is 334 g/mol. The first kappa shape index (κ1) is 17.9. The highest BCUT2D eigenvalue weighted by molar-refractivity contribution is 5.96. The van der Waals surface area contributed by atoms with Crippen LogP contribution in [0.2, 0.25) is 0 Å². The van der Waals surface area contributed by atoms with Gasteiger partial charge in [0.15, 0.2) is 6.10 Å². The lowest BCUT2D eigenvalue weighted by Gasteiger charge is -2.34. The fourth-order valence-corrected chi connectivity index (χ4v) is 2.54. The highest BCUT2D eigenvalue weighted by Crippen LogP contribution is 2.12. The van der Waals surface area contributed by atoms with Crippen LogP contribution in [0.4, 0.5) is 0 Å². The van der Waals surface area contributed by atoms with Gasteiger partial charge in [-0.05, 0) is 44.0 Å². The van der Waals surface area contributed by atoms with Crippen molar-refractivity contribution in [3.8, 4) is 0 Å². The zero-order valence-electron chi connectivity index (χ0n) is 14.0. The number of hydrogen-bond acceptors (Lipinski definition) is 4. The minimum Gasteiger partial charge on any atom is -0.479 e. The molecule has 1 aromatic rings. The number of benzene rings is 1. The van der Waals surface area contributed by atoms with Crippen molar-refractivity contribution in [1.82, 2.24) is 10.2 Å². The number of nitrogens with one attached hydrogen (secondary N) is 1. The van der Waals surface area contributed by atoms with Crippen LogP contribution in [0, 0.1) is 13.8 Å². The van der Waals surface area contributed by atoms with Crippen LogP contribution in [-0.2, 0) is 14.3 Å². The molecule has 7 heteroatoms. The van der Waals surface area contributed by atoms with E-state index in [4.69, 9.17) is 9.84 Å². The van der Waals surface area contributed by atoms with E-state index in [9.17, 15) is 14.4 Å². The van der Waals surface area contributed by atoms with Crippen LogP contribution >= 0.6 is 0 Å². The number of carboxylic acids is 1. The van der Waals surface area contributed by atoms with Crippen molar-refractivity contribution < 1.29 is 24.2 Å². The van der Waals surface area contributed by atoms with Crippen LogP contribution in [0.15, 0.2) is 18.2 Å². The summed E-state index contributed by atoms with van der Waals surface area (Å²) in [5, 5.41) is 11.6. The molecule has 1 fully saturated rings. The molecule has 0 aliphatic carbocycles. The van der Waals surface area contributed by atoms with Crippen LogP contribution in [0.25, 0.3) is 0 Å². The van der Waals surface area contributed by atoms with Gasteiger partial charge in [0.05, 0.1) is 19.2 Å². The van der Waals surface area contributed by atoms with Crippen LogP contribution in [-0.4, -0.2) is 59.6 Å². The third-order valence-corrected chi connectivity index (χ3v) is 4.06. The molecule has 0 radical (unpaired) electrons. The zero-order chi connectivity index (χ0) is 17.9. The number of carbonyl (C=O) groups excluding carboxylic acids is 2. The maximum atomic E-state index is 12.2. The second kappa shape index (κ2) is 7.44. The van der Waals surface area contributed by atoms with Crippen molar-refractivity contribution in [3.05, 3.63) is 34.9 Å². The molecule has 1 heterocycles. The molecule has 2 atom stereocenters. The average Bonchev–Trinajstić information content (AvgIpc) is 2.54. The Morgan fingerprint density at radius 2 is 1.96 bits per heavy atom. The van der Waals surface area contributed by atoms with Gasteiger partial charge in [0, 0.05) is 12.1 Å². The van der Waals surface area contributed by atoms with Crippen molar-refractivity contribution in [3.63, 3.8) is 0 Å². The summed E-state index contributed by atoms with van der Waals surface area (Å²) in [5.74, 6) is -1.75. The third kappa shape index (κ3) is 4.32. The van der Waals surface area contributed by atoms with Gasteiger partial charge in [-0.3, -0.25) is 9.59 Å². The molecule has 130 valence electrons. The lowest BCUT2D eigenvalue weighted by Crippen LogP contribution is -2.53. The van der Waals surface area contributed by atoms with Crippen molar-refractivity contribution in [2.75, 3.05) is 19.6 Å². The summed E-state index contributed by atoms with van der Waals surface area (Å²) in [4.78, 5) is 36.8. The molecular weight excluding hydrogens is 312 g/mol. The van der Waals surface area contributed by atoms with Gasteiger partial charge in [0.2, 0.25) is 5.91 Å². The monoisotopic (exact) mass is 334 g/mol. The smallest absolute Gasteiger partial charge is 0.334 e. The SMILES string of the molecule is Cc1ccc(C(=O)NCC(=O)N2CC(C(=O)O)O[C@H](C)C2)cc1C. The van der Waals surface area contributed by atoms with Gasteiger partial charge in [-0.15, -0.1) is 0 Å². The second-order valence-corrected chi connectivity index (χ2v) is 6.05. The number of rotatable bonds is 4. The van der Waals surface area contributed by atoms with Gasteiger partial charge in [-0.1, -0.05) is 6.07 Å². The number of amides is 2. The Morgan fingerprint density at radius 3 is 2.58 bits per heavy atom. The van der Waals surface area contributed by atoms with Crippen LogP contribution < -0.4 is 5.32 Å². The molecule has 1 unspecified atom stereocenters. The van der Waals surface area contributed by atoms with Gasteiger partial charge in [0.25, 0.3) is 5.91 Å². The molecule has 0 spiro atoms. The Kier molecular flexibility index (Phi) is 5.56. The highest BCUT2D eigenvalue weighted by atomic mass is 16.5. The number of morpholine rings is 1. The van der Waals surface area contributed by atoms with E-state index in [1.165, 1.54) is 4.90 Å². The molecule has 7 nitrogen and oxygen atoms in total. The highest BCUT2D eigenvalue weighted by Gasteiger charge is 2.32. The van der Waals surface area contributed by atoms with Crippen molar-refractivity contribution in [2.45, 2.75) is 33.0 Å². The molecule has 2 N–H and O–H groups in total. The minimum atomic E-state index is -1.10. The largest absolute Gasteiger partial charge is 0.479 e. The van der Waals surface area contributed by atoms with Gasteiger partial charge in [-0.2, -0.15) is 0 Å².